The second-order valence-corrected chi connectivity index (χ2v) is 8.73. The highest BCUT2D eigenvalue weighted by Crippen LogP contribution is 2.32. The number of ether oxygens (including phenoxy) is 2. The topological polar surface area (TPSA) is 59.9 Å². The average molecular weight is 513 g/mol. The molecule has 1 saturated heterocycles. The predicted octanol–water partition coefficient (Wildman–Crippen LogP) is 6.07. The van der Waals surface area contributed by atoms with Crippen LogP contribution in [-0.4, -0.2) is 18.2 Å². The van der Waals surface area contributed by atoms with Crippen molar-refractivity contribution >= 4 is 50.5 Å². The van der Waals surface area contributed by atoms with Crippen molar-refractivity contribution < 1.29 is 18.7 Å². The third kappa shape index (κ3) is 5.57. The zero-order valence-electron chi connectivity index (χ0n) is 17.0. The molecular weight excluding hydrogens is 495 g/mol. The maximum absolute atomic E-state index is 13.1. The Morgan fingerprint density at radius 1 is 1.06 bits per heavy atom. The van der Waals surface area contributed by atoms with Gasteiger partial charge in [0.05, 0.1) is 17.7 Å². The number of halogens is 2. The lowest BCUT2D eigenvalue weighted by molar-refractivity contribution is -0.115. The maximum atomic E-state index is 13.1. The second kappa shape index (κ2) is 10.0. The number of rotatable bonds is 6. The van der Waals surface area contributed by atoms with E-state index in [9.17, 15) is 9.18 Å². The number of carbonyl (C=O) groups excluding carboxylic acids is 1. The largest absolute Gasteiger partial charge is 0.493 e. The second-order valence-electron chi connectivity index (χ2n) is 6.78. The van der Waals surface area contributed by atoms with Gasteiger partial charge in [0.15, 0.2) is 16.7 Å². The van der Waals surface area contributed by atoms with Gasteiger partial charge in [0, 0.05) is 4.47 Å². The summed E-state index contributed by atoms with van der Waals surface area (Å²) in [6.45, 7) is 0.408. The first-order valence-electron chi connectivity index (χ1n) is 9.60. The number of hydrogen-bond donors (Lipinski definition) is 1. The van der Waals surface area contributed by atoms with Crippen molar-refractivity contribution in [2.45, 2.75) is 6.61 Å². The normalized spacial score (nSPS) is 15.8. The molecule has 5 nitrogen and oxygen atoms in total. The van der Waals surface area contributed by atoms with Crippen LogP contribution >= 0.6 is 27.7 Å². The van der Waals surface area contributed by atoms with Crippen molar-refractivity contribution in [3.63, 3.8) is 0 Å². The number of aliphatic imine (C=N–C) groups is 1. The quantitative estimate of drug-likeness (QED) is 0.407. The maximum Gasteiger partial charge on any atom is 0.264 e. The molecule has 0 unspecified atom stereocenters. The minimum absolute atomic E-state index is 0.245. The third-order valence-corrected chi connectivity index (χ3v) is 5.94. The number of hydrogen-bond acceptors (Lipinski definition) is 5. The molecule has 3 aromatic rings. The molecule has 0 atom stereocenters. The van der Waals surface area contributed by atoms with Crippen molar-refractivity contribution in [3.05, 3.63) is 93.1 Å². The smallest absolute Gasteiger partial charge is 0.264 e. The molecule has 0 bridgehead atoms. The van der Waals surface area contributed by atoms with Crippen molar-refractivity contribution in [1.82, 2.24) is 5.32 Å². The van der Waals surface area contributed by atoms with E-state index in [-0.39, 0.29) is 11.7 Å². The van der Waals surface area contributed by atoms with Crippen molar-refractivity contribution in [2.75, 3.05) is 7.11 Å². The summed E-state index contributed by atoms with van der Waals surface area (Å²) in [5, 5.41) is 3.16. The molecule has 0 saturated carbocycles. The lowest BCUT2D eigenvalue weighted by Gasteiger charge is -2.11. The zero-order chi connectivity index (χ0) is 22.5. The number of carbonyl (C=O) groups is 1. The molecule has 1 aliphatic heterocycles. The van der Waals surface area contributed by atoms with Gasteiger partial charge >= 0.3 is 0 Å². The van der Waals surface area contributed by atoms with Crippen LogP contribution in [0.25, 0.3) is 6.08 Å². The van der Waals surface area contributed by atoms with Crippen LogP contribution in [0.3, 0.4) is 0 Å². The molecule has 1 heterocycles. The molecule has 0 radical (unpaired) electrons. The fourth-order valence-electron chi connectivity index (χ4n) is 2.90. The number of thioether (sulfide) groups is 1. The molecule has 0 aliphatic carbocycles. The number of amidine groups is 1. The molecule has 0 aromatic heterocycles. The standard InChI is InChI=1S/C24H18BrFN2O3S/c1-30-21-12-16(4-11-20(21)31-14-15-2-5-17(25)6-3-15)13-22-23(29)28-24(32-22)27-19-9-7-18(26)8-10-19/h2-13H,14H2,1H3,(H,27,28,29)/b22-13+. The summed E-state index contributed by atoms with van der Waals surface area (Å²) >= 11 is 4.64. The van der Waals surface area contributed by atoms with Gasteiger partial charge < -0.3 is 14.8 Å². The molecule has 1 aliphatic rings. The fraction of sp³-hybridized carbons (Fsp3) is 0.0833. The lowest BCUT2D eigenvalue weighted by atomic mass is 10.2. The number of nitrogens with one attached hydrogen (secondary N) is 1. The Hall–Kier alpha value is -3.10. The van der Waals surface area contributed by atoms with Gasteiger partial charge in [-0.3, -0.25) is 4.79 Å². The van der Waals surface area contributed by atoms with Gasteiger partial charge in [-0.1, -0.05) is 34.1 Å². The van der Waals surface area contributed by atoms with Gasteiger partial charge in [-0.2, -0.15) is 0 Å². The van der Waals surface area contributed by atoms with Gasteiger partial charge in [0.25, 0.3) is 5.91 Å². The van der Waals surface area contributed by atoms with E-state index >= 15 is 0 Å². The van der Waals surface area contributed by atoms with Crippen LogP contribution in [0.15, 0.2) is 81.1 Å². The van der Waals surface area contributed by atoms with Crippen molar-refractivity contribution in [3.8, 4) is 11.5 Å². The SMILES string of the molecule is COc1cc(/C=C2/SC(=Nc3ccc(F)cc3)NC2=O)ccc1OCc1ccc(Br)cc1. The molecular formula is C24H18BrFN2O3S. The van der Waals surface area contributed by atoms with E-state index in [1.54, 1.807) is 25.3 Å². The Balaban J connectivity index is 1.47. The molecule has 1 N–H and O–H groups in total. The monoisotopic (exact) mass is 512 g/mol. The van der Waals surface area contributed by atoms with Crippen LogP contribution in [0, 0.1) is 5.82 Å². The van der Waals surface area contributed by atoms with Crippen LogP contribution < -0.4 is 14.8 Å². The van der Waals surface area contributed by atoms with Gasteiger partial charge in [-0.15, -0.1) is 0 Å². The van der Waals surface area contributed by atoms with Crippen molar-refractivity contribution in [1.29, 1.82) is 0 Å². The molecule has 1 amide bonds. The Morgan fingerprint density at radius 2 is 1.81 bits per heavy atom. The van der Waals surface area contributed by atoms with E-state index < -0.39 is 0 Å². The van der Waals surface area contributed by atoms with Crippen LogP contribution in [0.2, 0.25) is 0 Å². The third-order valence-electron chi connectivity index (χ3n) is 4.50. The van der Waals surface area contributed by atoms with Gasteiger partial charge in [0.2, 0.25) is 0 Å². The first-order valence-corrected chi connectivity index (χ1v) is 11.2. The van der Waals surface area contributed by atoms with E-state index in [2.05, 4.69) is 26.2 Å². The lowest BCUT2D eigenvalue weighted by Crippen LogP contribution is -2.19. The van der Waals surface area contributed by atoms with Crippen molar-refractivity contribution in [2.24, 2.45) is 4.99 Å². The molecule has 8 heteroatoms. The zero-order valence-corrected chi connectivity index (χ0v) is 19.4. The summed E-state index contributed by atoms with van der Waals surface area (Å²) in [5.74, 6) is 0.598. The Labute approximate surface area is 197 Å². The predicted molar refractivity (Wildman–Crippen MR) is 129 cm³/mol. The summed E-state index contributed by atoms with van der Waals surface area (Å²) < 4.78 is 25.4. The summed E-state index contributed by atoms with van der Waals surface area (Å²) in [7, 11) is 1.57. The fourth-order valence-corrected chi connectivity index (χ4v) is 4.01. The van der Waals surface area contributed by atoms with Crippen LogP contribution in [0.4, 0.5) is 10.1 Å². The molecule has 162 valence electrons. The Morgan fingerprint density at radius 3 is 2.53 bits per heavy atom. The van der Waals surface area contributed by atoms with E-state index in [0.717, 1.165) is 15.6 Å². The van der Waals surface area contributed by atoms with Crippen LogP contribution in [0.5, 0.6) is 11.5 Å². The number of amides is 1. The molecule has 4 rings (SSSR count). The van der Waals surface area contributed by atoms with Gasteiger partial charge in [0.1, 0.15) is 12.4 Å². The molecule has 32 heavy (non-hydrogen) atoms. The Kier molecular flexibility index (Phi) is 6.92. The van der Waals surface area contributed by atoms with Crippen LogP contribution in [0.1, 0.15) is 11.1 Å². The summed E-state index contributed by atoms with van der Waals surface area (Å²) in [5.41, 5.74) is 2.39. The van der Waals surface area contributed by atoms with Crippen LogP contribution in [-0.2, 0) is 11.4 Å². The number of methoxy groups -OCH3 is 1. The number of benzene rings is 3. The van der Waals surface area contributed by atoms with E-state index in [1.165, 1.54) is 23.9 Å². The highest BCUT2D eigenvalue weighted by atomic mass is 79.9. The van der Waals surface area contributed by atoms with Gasteiger partial charge in [-0.05, 0) is 77.5 Å². The summed E-state index contributed by atoms with van der Waals surface area (Å²) in [6.07, 6.45) is 1.76. The summed E-state index contributed by atoms with van der Waals surface area (Å²) in [4.78, 5) is 17.2. The van der Waals surface area contributed by atoms with E-state index in [1.807, 2.05) is 42.5 Å². The Bertz CT molecular complexity index is 1190. The molecule has 1 fully saturated rings. The first kappa shape index (κ1) is 22.1. The first-order chi connectivity index (χ1) is 15.5. The summed E-state index contributed by atoms with van der Waals surface area (Å²) in [6, 6.07) is 19.1. The highest BCUT2D eigenvalue weighted by molar-refractivity contribution is 9.10. The van der Waals surface area contributed by atoms with Gasteiger partial charge in [-0.25, -0.2) is 9.38 Å². The number of nitrogens with zero attached hydrogens (tertiary/aromatic N) is 1. The minimum atomic E-state index is -0.337. The minimum Gasteiger partial charge on any atom is -0.493 e. The average Bonchev–Trinajstić information content (AvgIpc) is 3.13. The molecule has 0 spiro atoms. The van der Waals surface area contributed by atoms with E-state index in [4.69, 9.17) is 9.47 Å². The van der Waals surface area contributed by atoms with E-state index in [0.29, 0.717) is 33.9 Å². The molecule has 3 aromatic carbocycles. The highest BCUT2D eigenvalue weighted by Gasteiger charge is 2.24.